The molecule has 8 nitrogen and oxygen atoms in total. The number of hydrogen-bond acceptors (Lipinski definition) is 7. The Morgan fingerprint density at radius 2 is 1.84 bits per heavy atom. The number of amidine groups is 1. The predicted molar refractivity (Wildman–Crippen MR) is 150 cm³/mol. The SMILES string of the molecule is COc1ccc(OC)c(NC(=O)CC2SC(N3N=C(c4ccc(Cl)cc4)CC3c3ccccc3)=NC2=O)c1. The highest BCUT2D eigenvalue weighted by Gasteiger charge is 2.39. The minimum atomic E-state index is -0.659. The van der Waals surface area contributed by atoms with Crippen LogP contribution in [0.2, 0.25) is 5.02 Å². The Labute approximate surface area is 229 Å². The molecule has 2 aliphatic rings. The third-order valence-corrected chi connectivity index (χ3v) is 7.64. The van der Waals surface area contributed by atoms with Crippen molar-refractivity contribution in [1.29, 1.82) is 0 Å². The van der Waals surface area contributed by atoms with Crippen LogP contribution in [0.4, 0.5) is 5.69 Å². The molecule has 2 heterocycles. The van der Waals surface area contributed by atoms with Gasteiger partial charge in [-0.05, 0) is 35.4 Å². The van der Waals surface area contributed by atoms with Crippen molar-refractivity contribution in [1.82, 2.24) is 5.01 Å². The van der Waals surface area contributed by atoms with Crippen LogP contribution in [0, 0.1) is 0 Å². The molecule has 0 fully saturated rings. The van der Waals surface area contributed by atoms with Gasteiger partial charge in [0.05, 0.1) is 31.7 Å². The van der Waals surface area contributed by atoms with Crippen LogP contribution in [0.25, 0.3) is 0 Å². The van der Waals surface area contributed by atoms with Gasteiger partial charge in [-0.3, -0.25) is 9.59 Å². The van der Waals surface area contributed by atoms with Gasteiger partial charge in [0.15, 0.2) is 5.17 Å². The first-order valence-corrected chi connectivity index (χ1v) is 13.2. The van der Waals surface area contributed by atoms with Gasteiger partial charge in [-0.25, -0.2) is 5.01 Å². The lowest BCUT2D eigenvalue weighted by atomic mass is 9.99. The zero-order chi connectivity index (χ0) is 26.6. The van der Waals surface area contributed by atoms with E-state index in [1.54, 1.807) is 30.3 Å². The number of thioether (sulfide) groups is 1. The van der Waals surface area contributed by atoms with Crippen LogP contribution in [0.3, 0.4) is 0 Å². The first-order valence-electron chi connectivity index (χ1n) is 11.9. The second-order valence-corrected chi connectivity index (χ2v) is 10.3. The Bertz CT molecular complexity index is 1410. The lowest BCUT2D eigenvalue weighted by Crippen LogP contribution is -2.25. The number of anilines is 1. The number of amides is 2. The maximum absolute atomic E-state index is 12.9. The third-order valence-electron chi connectivity index (χ3n) is 6.25. The number of methoxy groups -OCH3 is 2. The molecular formula is C28H25ClN4O4S. The molecule has 1 N–H and O–H groups in total. The number of benzene rings is 3. The van der Waals surface area contributed by atoms with Crippen molar-refractivity contribution >= 4 is 51.7 Å². The second kappa shape index (κ2) is 11.3. The van der Waals surface area contributed by atoms with E-state index in [9.17, 15) is 9.59 Å². The summed E-state index contributed by atoms with van der Waals surface area (Å²) in [7, 11) is 3.06. The number of carbonyl (C=O) groups is 2. The summed E-state index contributed by atoms with van der Waals surface area (Å²) in [6.07, 6.45) is 0.592. The van der Waals surface area contributed by atoms with Gasteiger partial charge in [0.25, 0.3) is 5.91 Å². The van der Waals surface area contributed by atoms with Gasteiger partial charge in [-0.2, -0.15) is 10.1 Å². The molecular weight excluding hydrogens is 524 g/mol. The Morgan fingerprint density at radius 3 is 2.55 bits per heavy atom. The van der Waals surface area contributed by atoms with Crippen molar-refractivity contribution in [3.05, 3.63) is 88.9 Å². The van der Waals surface area contributed by atoms with Crippen molar-refractivity contribution in [2.45, 2.75) is 24.1 Å². The summed E-state index contributed by atoms with van der Waals surface area (Å²) in [5, 5.41) is 9.95. The molecule has 2 unspecified atom stereocenters. The third kappa shape index (κ3) is 5.54. The monoisotopic (exact) mass is 548 g/mol. The summed E-state index contributed by atoms with van der Waals surface area (Å²) in [6, 6.07) is 22.5. The molecule has 0 aromatic heterocycles. The highest BCUT2D eigenvalue weighted by atomic mass is 35.5. The average molecular weight is 549 g/mol. The van der Waals surface area contributed by atoms with E-state index in [1.807, 2.05) is 54.6 Å². The molecule has 0 saturated heterocycles. The number of nitrogens with zero attached hydrogens (tertiary/aromatic N) is 3. The number of halogens is 1. The first kappa shape index (κ1) is 25.8. The molecule has 3 aromatic carbocycles. The fourth-order valence-electron chi connectivity index (χ4n) is 4.32. The number of ether oxygens (including phenoxy) is 2. The molecule has 0 radical (unpaired) electrons. The van der Waals surface area contributed by atoms with E-state index in [2.05, 4.69) is 10.3 Å². The van der Waals surface area contributed by atoms with E-state index in [1.165, 1.54) is 18.9 Å². The van der Waals surface area contributed by atoms with Crippen LogP contribution in [0.1, 0.15) is 30.0 Å². The largest absolute Gasteiger partial charge is 0.497 e. The fourth-order valence-corrected chi connectivity index (χ4v) is 5.51. The predicted octanol–water partition coefficient (Wildman–Crippen LogP) is 5.54. The Morgan fingerprint density at radius 1 is 1.08 bits per heavy atom. The topological polar surface area (TPSA) is 92.6 Å². The van der Waals surface area contributed by atoms with Crippen LogP contribution in [-0.4, -0.2) is 47.2 Å². The smallest absolute Gasteiger partial charge is 0.262 e. The van der Waals surface area contributed by atoms with Crippen molar-refractivity contribution < 1.29 is 19.1 Å². The van der Waals surface area contributed by atoms with Gasteiger partial charge >= 0.3 is 0 Å². The summed E-state index contributed by atoms with van der Waals surface area (Å²) in [5.74, 6) is 0.381. The summed E-state index contributed by atoms with van der Waals surface area (Å²) in [4.78, 5) is 30.1. The standard InChI is InChI=1S/C28H25ClN4O4S/c1-36-20-12-13-24(37-2)22(14-20)30-26(34)16-25-27(35)31-28(38-25)33-23(18-6-4-3-5-7-18)15-21(32-33)17-8-10-19(29)11-9-17/h3-14,23,25H,15-16H2,1-2H3,(H,30,34). The van der Waals surface area contributed by atoms with Crippen LogP contribution >= 0.6 is 23.4 Å². The lowest BCUT2D eigenvalue weighted by Gasteiger charge is -2.23. The highest BCUT2D eigenvalue weighted by molar-refractivity contribution is 8.15. The van der Waals surface area contributed by atoms with E-state index in [4.69, 9.17) is 26.2 Å². The Kier molecular flexibility index (Phi) is 7.67. The highest BCUT2D eigenvalue weighted by Crippen LogP contribution is 2.39. The number of hydrazone groups is 1. The molecule has 0 saturated carbocycles. The van der Waals surface area contributed by atoms with Crippen molar-refractivity contribution in [2.75, 3.05) is 19.5 Å². The van der Waals surface area contributed by atoms with Crippen LogP contribution < -0.4 is 14.8 Å². The summed E-state index contributed by atoms with van der Waals surface area (Å²) >= 11 is 7.33. The minimum absolute atomic E-state index is 0.0472. The maximum Gasteiger partial charge on any atom is 0.262 e. The van der Waals surface area contributed by atoms with Gasteiger partial charge < -0.3 is 14.8 Å². The number of nitrogens with one attached hydrogen (secondary N) is 1. The number of carbonyl (C=O) groups excluding carboxylic acids is 2. The summed E-state index contributed by atoms with van der Waals surface area (Å²) in [6.45, 7) is 0. The van der Waals surface area contributed by atoms with Gasteiger partial charge in [-0.15, -0.1) is 0 Å². The Balaban J connectivity index is 1.33. The van der Waals surface area contributed by atoms with E-state index in [-0.39, 0.29) is 24.3 Å². The molecule has 0 aliphatic carbocycles. The van der Waals surface area contributed by atoms with E-state index in [0.717, 1.165) is 16.8 Å². The quantitative estimate of drug-likeness (QED) is 0.417. The van der Waals surface area contributed by atoms with Crippen molar-refractivity contribution in [3.8, 4) is 11.5 Å². The molecule has 194 valence electrons. The molecule has 2 atom stereocenters. The number of rotatable bonds is 7. The second-order valence-electron chi connectivity index (χ2n) is 8.69. The van der Waals surface area contributed by atoms with Crippen molar-refractivity contribution in [2.24, 2.45) is 10.1 Å². The van der Waals surface area contributed by atoms with E-state index in [0.29, 0.717) is 33.8 Å². The van der Waals surface area contributed by atoms with E-state index >= 15 is 0 Å². The first-order chi connectivity index (χ1) is 18.4. The zero-order valence-electron chi connectivity index (χ0n) is 20.8. The maximum atomic E-state index is 12.9. The molecule has 0 bridgehead atoms. The molecule has 5 rings (SSSR count). The van der Waals surface area contributed by atoms with Crippen LogP contribution in [0.15, 0.2) is 82.9 Å². The molecule has 2 amide bonds. The molecule has 3 aromatic rings. The summed E-state index contributed by atoms with van der Waals surface area (Å²) < 4.78 is 10.6. The van der Waals surface area contributed by atoms with Gasteiger partial charge in [0.1, 0.15) is 16.7 Å². The van der Waals surface area contributed by atoms with Gasteiger partial charge in [0.2, 0.25) is 5.91 Å². The zero-order valence-corrected chi connectivity index (χ0v) is 22.3. The number of hydrogen-bond donors (Lipinski definition) is 1. The minimum Gasteiger partial charge on any atom is -0.497 e. The van der Waals surface area contributed by atoms with Crippen LogP contribution in [0.5, 0.6) is 11.5 Å². The van der Waals surface area contributed by atoms with Gasteiger partial charge in [0, 0.05) is 23.9 Å². The molecule has 2 aliphatic heterocycles. The average Bonchev–Trinajstić information content (AvgIpc) is 3.53. The van der Waals surface area contributed by atoms with Gasteiger partial charge in [-0.1, -0.05) is 65.8 Å². The lowest BCUT2D eigenvalue weighted by molar-refractivity contribution is -0.121. The van der Waals surface area contributed by atoms with Crippen LogP contribution in [-0.2, 0) is 9.59 Å². The molecule has 10 heteroatoms. The molecule has 38 heavy (non-hydrogen) atoms. The van der Waals surface area contributed by atoms with Crippen molar-refractivity contribution in [3.63, 3.8) is 0 Å². The fraction of sp³-hybridized carbons (Fsp3) is 0.214. The summed E-state index contributed by atoms with van der Waals surface area (Å²) in [5.41, 5.74) is 3.35. The normalized spacial score (nSPS) is 18.7. The number of aliphatic imine (C=N–C) groups is 1. The van der Waals surface area contributed by atoms with E-state index < -0.39 is 5.25 Å². The Hall–Kier alpha value is -3.82. The molecule has 0 spiro atoms.